The van der Waals surface area contributed by atoms with Crippen molar-refractivity contribution < 1.29 is 19.0 Å². The average Bonchev–Trinajstić information content (AvgIpc) is 3.02. The first-order chi connectivity index (χ1) is 11.2. The predicted octanol–water partition coefficient (Wildman–Crippen LogP) is 2.16. The van der Waals surface area contributed by atoms with Crippen LogP contribution in [0.4, 0.5) is 0 Å². The van der Waals surface area contributed by atoms with Crippen LogP contribution in [0.3, 0.4) is 0 Å². The van der Waals surface area contributed by atoms with Crippen molar-refractivity contribution in [1.82, 2.24) is 4.90 Å². The maximum atomic E-state index is 9.29. The van der Waals surface area contributed by atoms with E-state index >= 15 is 0 Å². The summed E-state index contributed by atoms with van der Waals surface area (Å²) in [6.45, 7) is 1.55. The average molecular weight is 316 g/mol. The molecule has 2 aromatic rings. The highest BCUT2D eigenvalue weighted by Gasteiger charge is 2.13. The molecule has 0 radical (unpaired) electrons. The van der Waals surface area contributed by atoms with Gasteiger partial charge in [0.1, 0.15) is 23.3 Å². The van der Waals surface area contributed by atoms with Gasteiger partial charge in [-0.25, -0.2) is 0 Å². The summed E-state index contributed by atoms with van der Waals surface area (Å²) in [6.07, 6.45) is 0. The Morgan fingerprint density at radius 1 is 1.17 bits per heavy atom. The van der Waals surface area contributed by atoms with Gasteiger partial charge in [0.15, 0.2) is 0 Å². The number of aliphatic hydroxyl groups excluding tert-OH is 1. The summed E-state index contributed by atoms with van der Waals surface area (Å²) in [5.74, 6) is 2.46. The summed E-state index contributed by atoms with van der Waals surface area (Å²) in [5, 5.41) is 18.1. The van der Waals surface area contributed by atoms with Gasteiger partial charge in [-0.1, -0.05) is 0 Å². The summed E-state index contributed by atoms with van der Waals surface area (Å²) in [7, 11) is 3.23. The molecule has 6 heteroatoms. The Labute approximate surface area is 135 Å². The van der Waals surface area contributed by atoms with Crippen LogP contribution >= 0.6 is 0 Å². The Kier molecular flexibility index (Phi) is 6.03. The van der Waals surface area contributed by atoms with Crippen LogP contribution in [0.25, 0.3) is 0 Å². The molecule has 6 nitrogen and oxygen atoms in total. The van der Waals surface area contributed by atoms with E-state index in [1.165, 1.54) is 0 Å². The molecule has 1 aromatic heterocycles. The lowest BCUT2D eigenvalue weighted by Gasteiger charge is -2.21. The molecule has 0 aliphatic rings. The number of aliphatic hydroxyl groups is 1. The predicted molar refractivity (Wildman–Crippen MR) is 84.2 cm³/mol. The molecule has 0 saturated heterocycles. The molecule has 0 aliphatic carbocycles. The third-order valence-electron chi connectivity index (χ3n) is 3.45. The number of hydrogen-bond donors (Lipinski definition) is 1. The fraction of sp³-hybridized carbons (Fsp3) is 0.353. The molecule has 0 atom stereocenters. The van der Waals surface area contributed by atoms with Crippen molar-refractivity contribution in [3.8, 4) is 17.6 Å². The number of benzene rings is 1. The number of ether oxygens (including phenoxy) is 2. The lowest BCUT2D eigenvalue weighted by atomic mass is 10.1. The molecule has 0 saturated carbocycles. The van der Waals surface area contributed by atoms with Crippen molar-refractivity contribution in [2.75, 3.05) is 27.4 Å². The minimum Gasteiger partial charge on any atom is -0.497 e. The lowest BCUT2D eigenvalue weighted by Crippen LogP contribution is -2.26. The summed E-state index contributed by atoms with van der Waals surface area (Å²) >= 11 is 0. The van der Waals surface area contributed by atoms with Crippen molar-refractivity contribution in [2.45, 2.75) is 13.1 Å². The van der Waals surface area contributed by atoms with E-state index in [0.717, 1.165) is 17.1 Å². The summed E-state index contributed by atoms with van der Waals surface area (Å²) < 4.78 is 16.0. The number of rotatable bonds is 8. The zero-order valence-electron chi connectivity index (χ0n) is 13.3. The minimum absolute atomic E-state index is 0.0259. The molecule has 23 heavy (non-hydrogen) atoms. The van der Waals surface area contributed by atoms with Crippen molar-refractivity contribution in [3.05, 3.63) is 47.4 Å². The maximum absolute atomic E-state index is 9.29. The maximum Gasteiger partial charge on any atom is 0.203 e. The van der Waals surface area contributed by atoms with Crippen molar-refractivity contribution in [2.24, 2.45) is 0 Å². The van der Waals surface area contributed by atoms with E-state index < -0.39 is 0 Å². The Morgan fingerprint density at radius 3 is 2.61 bits per heavy atom. The van der Waals surface area contributed by atoms with E-state index in [9.17, 15) is 5.11 Å². The molecule has 0 unspecified atom stereocenters. The lowest BCUT2D eigenvalue weighted by molar-refractivity contribution is 0.173. The second kappa shape index (κ2) is 8.22. The van der Waals surface area contributed by atoms with Crippen molar-refractivity contribution >= 4 is 0 Å². The molecule has 1 aromatic carbocycles. The summed E-state index contributed by atoms with van der Waals surface area (Å²) in [5.41, 5.74) is 0.951. The van der Waals surface area contributed by atoms with Gasteiger partial charge in [-0.15, -0.1) is 0 Å². The Bertz CT molecular complexity index is 675. The van der Waals surface area contributed by atoms with E-state index in [1.54, 1.807) is 26.4 Å². The molecule has 2 rings (SSSR count). The van der Waals surface area contributed by atoms with Gasteiger partial charge >= 0.3 is 0 Å². The van der Waals surface area contributed by atoms with E-state index in [4.69, 9.17) is 19.2 Å². The largest absolute Gasteiger partial charge is 0.497 e. The number of furan rings is 1. The molecule has 1 N–H and O–H groups in total. The highest BCUT2D eigenvalue weighted by molar-refractivity contribution is 5.40. The van der Waals surface area contributed by atoms with E-state index in [1.807, 2.05) is 29.2 Å². The minimum atomic E-state index is 0.0259. The van der Waals surface area contributed by atoms with Gasteiger partial charge in [0.05, 0.1) is 27.4 Å². The number of hydrogen-bond acceptors (Lipinski definition) is 6. The third kappa shape index (κ3) is 4.49. The number of nitriles is 1. The zero-order chi connectivity index (χ0) is 16.7. The first-order valence-electron chi connectivity index (χ1n) is 7.23. The normalized spacial score (nSPS) is 10.6. The van der Waals surface area contributed by atoms with Crippen LogP contribution < -0.4 is 9.47 Å². The second-order valence-corrected chi connectivity index (χ2v) is 4.99. The quantitative estimate of drug-likeness (QED) is 0.804. The van der Waals surface area contributed by atoms with E-state index in [2.05, 4.69) is 0 Å². The Morgan fingerprint density at radius 2 is 2.00 bits per heavy atom. The number of nitrogens with zero attached hydrogens (tertiary/aromatic N) is 2. The van der Waals surface area contributed by atoms with Crippen LogP contribution in [0.2, 0.25) is 0 Å². The Hall–Kier alpha value is -2.49. The first-order valence-corrected chi connectivity index (χ1v) is 7.23. The molecule has 0 fully saturated rings. The fourth-order valence-corrected chi connectivity index (χ4v) is 2.35. The molecule has 0 spiro atoms. The molecule has 1 heterocycles. The fourth-order valence-electron chi connectivity index (χ4n) is 2.35. The Balaban J connectivity index is 2.16. The van der Waals surface area contributed by atoms with Crippen molar-refractivity contribution in [1.29, 1.82) is 5.26 Å². The molecule has 0 bridgehead atoms. The highest BCUT2D eigenvalue weighted by atomic mass is 16.5. The molecule has 0 aliphatic heterocycles. The van der Waals surface area contributed by atoms with Gasteiger partial charge < -0.3 is 19.0 Å². The van der Waals surface area contributed by atoms with Gasteiger partial charge in [0, 0.05) is 18.7 Å². The SMILES string of the molecule is COc1ccc(OC)c(CN(CCO)Cc2ccc(C#N)o2)c1. The van der Waals surface area contributed by atoms with Crippen LogP contribution in [0.5, 0.6) is 11.5 Å². The zero-order valence-corrected chi connectivity index (χ0v) is 13.3. The standard InChI is InChI=1S/C17H20N2O4/c1-21-14-5-6-17(22-2)13(9-14)11-19(7-8-20)12-16-4-3-15(10-18)23-16/h3-6,9,20H,7-8,11-12H2,1-2H3. The van der Waals surface area contributed by atoms with Crippen molar-refractivity contribution in [3.63, 3.8) is 0 Å². The molecular weight excluding hydrogens is 296 g/mol. The molecule has 122 valence electrons. The van der Waals surface area contributed by atoms with Gasteiger partial charge in [-0.3, -0.25) is 4.90 Å². The van der Waals surface area contributed by atoms with Gasteiger partial charge in [-0.2, -0.15) is 5.26 Å². The van der Waals surface area contributed by atoms with Gasteiger partial charge in [-0.05, 0) is 30.3 Å². The van der Waals surface area contributed by atoms with E-state index in [0.29, 0.717) is 25.4 Å². The van der Waals surface area contributed by atoms with Gasteiger partial charge in [0.25, 0.3) is 0 Å². The summed E-state index contributed by atoms with van der Waals surface area (Å²) in [4.78, 5) is 2.01. The van der Waals surface area contributed by atoms with Crippen LogP contribution in [0.15, 0.2) is 34.7 Å². The van der Waals surface area contributed by atoms with Crippen LogP contribution in [-0.4, -0.2) is 37.4 Å². The monoisotopic (exact) mass is 316 g/mol. The second-order valence-electron chi connectivity index (χ2n) is 4.99. The first kappa shape index (κ1) is 16.9. The highest BCUT2D eigenvalue weighted by Crippen LogP contribution is 2.26. The summed E-state index contributed by atoms with van der Waals surface area (Å²) in [6, 6.07) is 11.0. The number of methoxy groups -OCH3 is 2. The van der Waals surface area contributed by atoms with Gasteiger partial charge in [0.2, 0.25) is 5.76 Å². The van der Waals surface area contributed by atoms with Crippen LogP contribution in [0.1, 0.15) is 17.1 Å². The van der Waals surface area contributed by atoms with Crippen LogP contribution in [0, 0.1) is 11.3 Å². The topological polar surface area (TPSA) is 78.9 Å². The molecule has 0 amide bonds. The molecular formula is C17H20N2O4. The van der Waals surface area contributed by atoms with Crippen LogP contribution in [-0.2, 0) is 13.1 Å². The smallest absolute Gasteiger partial charge is 0.203 e. The van der Waals surface area contributed by atoms with E-state index in [-0.39, 0.29) is 12.4 Å². The third-order valence-corrected chi connectivity index (χ3v) is 3.45.